The molecule has 1 atom stereocenters. The maximum atomic E-state index is 5.91. The second kappa shape index (κ2) is 6.38. The zero-order chi connectivity index (χ0) is 13.7. The van der Waals surface area contributed by atoms with Gasteiger partial charge in [0.2, 0.25) is 0 Å². The third kappa shape index (κ3) is 3.58. The Morgan fingerprint density at radius 3 is 2.84 bits per heavy atom. The van der Waals surface area contributed by atoms with Crippen LogP contribution >= 0.6 is 0 Å². The highest BCUT2D eigenvalue weighted by Gasteiger charge is 2.11. The van der Waals surface area contributed by atoms with Gasteiger partial charge in [0.15, 0.2) is 5.75 Å². The van der Waals surface area contributed by atoms with E-state index in [0.29, 0.717) is 0 Å². The van der Waals surface area contributed by atoms with Gasteiger partial charge in [-0.2, -0.15) is 5.10 Å². The Hall–Kier alpha value is -1.81. The highest BCUT2D eigenvalue weighted by Crippen LogP contribution is 2.29. The lowest BCUT2D eigenvalue weighted by atomic mass is 10.1. The fourth-order valence-corrected chi connectivity index (χ4v) is 1.98. The van der Waals surface area contributed by atoms with Crippen LogP contribution in [-0.2, 0) is 7.05 Å². The lowest BCUT2D eigenvalue weighted by Gasteiger charge is -2.17. The highest BCUT2D eigenvalue weighted by atomic mass is 16.5. The van der Waals surface area contributed by atoms with Crippen LogP contribution in [0.1, 0.15) is 31.9 Å². The number of nitrogens with one attached hydrogen (secondary N) is 1. The predicted molar refractivity (Wildman–Crippen MR) is 76.4 cm³/mol. The Morgan fingerprint density at radius 2 is 2.16 bits per heavy atom. The van der Waals surface area contributed by atoms with Crippen LogP contribution in [0.4, 0.5) is 0 Å². The second-order valence-corrected chi connectivity index (χ2v) is 4.67. The summed E-state index contributed by atoms with van der Waals surface area (Å²) in [6.07, 6.45) is 4.71. The topological polar surface area (TPSA) is 39.1 Å². The molecule has 1 heterocycles. The average molecular weight is 259 g/mol. The molecule has 1 N–H and O–H groups in total. The minimum absolute atomic E-state index is 0.271. The zero-order valence-corrected chi connectivity index (χ0v) is 11.8. The van der Waals surface area contributed by atoms with Crippen LogP contribution in [0, 0.1) is 0 Å². The second-order valence-electron chi connectivity index (χ2n) is 4.67. The van der Waals surface area contributed by atoms with Crippen molar-refractivity contribution in [2.24, 2.45) is 7.05 Å². The van der Waals surface area contributed by atoms with Crippen molar-refractivity contribution in [2.75, 3.05) is 6.54 Å². The summed E-state index contributed by atoms with van der Waals surface area (Å²) in [7, 11) is 1.88. The van der Waals surface area contributed by atoms with E-state index in [0.717, 1.165) is 24.5 Å². The Kier molecular flexibility index (Phi) is 4.58. The number of nitrogens with zero attached hydrogens (tertiary/aromatic N) is 2. The van der Waals surface area contributed by atoms with Crippen LogP contribution < -0.4 is 10.1 Å². The molecule has 0 saturated heterocycles. The summed E-state index contributed by atoms with van der Waals surface area (Å²) in [4.78, 5) is 0. The maximum absolute atomic E-state index is 5.91. The lowest BCUT2D eigenvalue weighted by molar-refractivity contribution is 0.460. The highest BCUT2D eigenvalue weighted by molar-refractivity contribution is 5.38. The van der Waals surface area contributed by atoms with E-state index in [1.165, 1.54) is 5.56 Å². The van der Waals surface area contributed by atoms with Crippen molar-refractivity contribution in [3.8, 4) is 11.5 Å². The van der Waals surface area contributed by atoms with Gasteiger partial charge >= 0.3 is 0 Å². The van der Waals surface area contributed by atoms with E-state index in [1.54, 1.807) is 10.9 Å². The molecule has 0 bridgehead atoms. The maximum Gasteiger partial charge on any atom is 0.165 e. The van der Waals surface area contributed by atoms with Crippen molar-refractivity contribution in [3.05, 3.63) is 42.2 Å². The molecule has 0 radical (unpaired) electrons. The predicted octanol–water partition coefficient (Wildman–Crippen LogP) is 3.27. The van der Waals surface area contributed by atoms with Crippen molar-refractivity contribution in [3.63, 3.8) is 0 Å². The van der Waals surface area contributed by atoms with Crippen molar-refractivity contribution >= 4 is 0 Å². The SMILES string of the molecule is CCCNC(C)c1ccccc1Oc1cnn(C)c1. The van der Waals surface area contributed by atoms with Crippen LogP contribution in [0.2, 0.25) is 0 Å². The monoisotopic (exact) mass is 259 g/mol. The normalized spacial score (nSPS) is 12.4. The van der Waals surface area contributed by atoms with E-state index in [-0.39, 0.29) is 6.04 Å². The molecule has 0 aliphatic heterocycles. The molecule has 0 fully saturated rings. The first kappa shape index (κ1) is 13.6. The molecule has 4 heteroatoms. The molecule has 102 valence electrons. The first-order valence-electron chi connectivity index (χ1n) is 6.69. The van der Waals surface area contributed by atoms with Gasteiger partial charge in [0.05, 0.1) is 12.4 Å². The molecule has 19 heavy (non-hydrogen) atoms. The molecular formula is C15H21N3O. The number of aryl methyl sites for hydroxylation is 1. The molecule has 4 nitrogen and oxygen atoms in total. The molecule has 1 unspecified atom stereocenters. The van der Waals surface area contributed by atoms with E-state index in [9.17, 15) is 0 Å². The third-order valence-corrected chi connectivity index (χ3v) is 3.00. The molecule has 2 aromatic rings. The van der Waals surface area contributed by atoms with E-state index in [1.807, 2.05) is 31.4 Å². The van der Waals surface area contributed by atoms with Gasteiger partial charge in [-0.05, 0) is 26.0 Å². The summed E-state index contributed by atoms with van der Waals surface area (Å²) in [5.74, 6) is 1.64. The van der Waals surface area contributed by atoms with Gasteiger partial charge in [0.25, 0.3) is 0 Å². The van der Waals surface area contributed by atoms with Gasteiger partial charge in [0.1, 0.15) is 5.75 Å². The first-order chi connectivity index (χ1) is 9.20. The van der Waals surface area contributed by atoms with Gasteiger partial charge in [-0.3, -0.25) is 4.68 Å². The number of hydrogen-bond donors (Lipinski definition) is 1. The van der Waals surface area contributed by atoms with Crippen molar-refractivity contribution < 1.29 is 4.74 Å². The molecule has 2 rings (SSSR count). The summed E-state index contributed by atoms with van der Waals surface area (Å²) in [5, 5.41) is 7.59. The van der Waals surface area contributed by atoms with Crippen LogP contribution in [0.5, 0.6) is 11.5 Å². The summed E-state index contributed by atoms with van der Waals surface area (Å²) in [6, 6.07) is 8.39. The van der Waals surface area contributed by atoms with Gasteiger partial charge in [-0.1, -0.05) is 25.1 Å². The zero-order valence-electron chi connectivity index (χ0n) is 11.8. The Bertz CT molecular complexity index is 522. The van der Waals surface area contributed by atoms with E-state index < -0.39 is 0 Å². The molecule has 0 aliphatic rings. The fourth-order valence-electron chi connectivity index (χ4n) is 1.98. The van der Waals surface area contributed by atoms with Crippen molar-refractivity contribution in [1.82, 2.24) is 15.1 Å². The molecule has 0 saturated carbocycles. The van der Waals surface area contributed by atoms with Gasteiger partial charge in [-0.15, -0.1) is 0 Å². The number of para-hydroxylation sites is 1. The van der Waals surface area contributed by atoms with Gasteiger partial charge in [0, 0.05) is 18.7 Å². The summed E-state index contributed by atoms with van der Waals surface area (Å²) in [5.41, 5.74) is 1.17. The smallest absolute Gasteiger partial charge is 0.165 e. The van der Waals surface area contributed by atoms with Crippen molar-refractivity contribution in [2.45, 2.75) is 26.3 Å². The van der Waals surface area contributed by atoms with Crippen LogP contribution in [-0.4, -0.2) is 16.3 Å². The number of hydrogen-bond acceptors (Lipinski definition) is 3. The summed E-state index contributed by atoms with van der Waals surface area (Å²) < 4.78 is 7.64. The fraction of sp³-hybridized carbons (Fsp3) is 0.400. The molecule has 0 aliphatic carbocycles. The van der Waals surface area contributed by atoms with Crippen LogP contribution in [0.3, 0.4) is 0 Å². The van der Waals surface area contributed by atoms with Gasteiger partial charge in [-0.25, -0.2) is 0 Å². The molecule has 1 aromatic carbocycles. The molecule has 0 spiro atoms. The number of rotatable bonds is 6. The van der Waals surface area contributed by atoms with Gasteiger partial charge < -0.3 is 10.1 Å². The Balaban J connectivity index is 2.16. The quantitative estimate of drug-likeness (QED) is 0.865. The van der Waals surface area contributed by atoms with E-state index in [4.69, 9.17) is 4.74 Å². The Morgan fingerprint density at radius 1 is 1.37 bits per heavy atom. The van der Waals surface area contributed by atoms with E-state index in [2.05, 4.69) is 30.3 Å². The molecule has 1 aromatic heterocycles. The molecule has 0 amide bonds. The number of aromatic nitrogens is 2. The molecular weight excluding hydrogens is 238 g/mol. The minimum atomic E-state index is 0.271. The first-order valence-corrected chi connectivity index (χ1v) is 6.69. The summed E-state index contributed by atoms with van der Waals surface area (Å²) >= 11 is 0. The van der Waals surface area contributed by atoms with Crippen LogP contribution in [0.25, 0.3) is 0 Å². The minimum Gasteiger partial charge on any atom is -0.454 e. The third-order valence-electron chi connectivity index (χ3n) is 3.00. The Labute approximate surface area is 114 Å². The van der Waals surface area contributed by atoms with E-state index >= 15 is 0 Å². The van der Waals surface area contributed by atoms with Crippen LogP contribution in [0.15, 0.2) is 36.7 Å². The standard InChI is InChI=1S/C15H21N3O/c1-4-9-16-12(2)14-7-5-6-8-15(14)19-13-10-17-18(3)11-13/h5-8,10-12,16H,4,9H2,1-3H3. The number of benzene rings is 1. The largest absolute Gasteiger partial charge is 0.454 e. The number of ether oxygens (including phenoxy) is 1. The average Bonchev–Trinajstić information content (AvgIpc) is 2.82. The lowest BCUT2D eigenvalue weighted by Crippen LogP contribution is -2.19. The summed E-state index contributed by atoms with van der Waals surface area (Å²) in [6.45, 7) is 5.32. The van der Waals surface area contributed by atoms with Crippen molar-refractivity contribution in [1.29, 1.82) is 0 Å².